The molecule has 0 aliphatic carbocycles. The second-order valence-corrected chi connectivity index (χ2v) is 0.926. The van der Waals surface area contributed by atoms with Crippen LogP contribution in [0.1, 0.15) is 6.42 Å². The summed E-state index contributed by atoms with van der Waals surface area (Å²) in [5, 5.41) is 7.81. The number of aliphatic hydroxyl groups excluding tert-OH is 1. The Morgan fingerprint density at radius 3 is 1.71 bits per heavy atom. The predicted molar refractivity (Wildman–Crippen MR) is 18.4 cm³/mol. The van der Waals surface area contributed by atoms with Crippen LogP contribution in [0.5, 0.6) is 0 Å². The summed E-state index contributed by atoms with van der Waals surface area (Å²) in [6.07, 6.45) is 0.625. The van der Waals surface area contributed by atoms with Crippen LogP contribution in [0.3, 0.4) is 0 Å². The Kier molecular flexibility index (Phi) is 23.9. The first-order chi connectivity index (χ1) is 3.33. The van der Waals surface area contributed by atoms with Crippen molar-refractivity contribution in [2.75, 3.05) is 6.61 Å². The number of hydrogen-bond donors (Lipinski definition) is 1. The van der Waals surface area contributed by atoms with Crippen LogP contribution in [0.15, 0.2) is 0 Å². The van der Waals surface area contributed by atoms with E-state index in [2.05, 4.69) is 6.92 Å². The molecule has 0 atom stereocenters. The summed E-state index contributed by atoms with van der Waals surface area (Å²) in [6, 6.07) is 0. The van der Waals surface area contributed by atoms with E-state index >= 15 is 0 Å². The summed E-state index contributed by atoms with van der Waals surface area (Å²) in [7, 11) is 0. The molecule has 46 valence electrons. The third kappa shape index (κ3) is 77.3. The maximum atomic E-state index is 8.46. The molecule has 1 N–H and O–H groups in total. The molecule has 0 aliphatic heterocycles. The van der Waals surface area contributed by atoms with E-state index in [9.17, 15) is 0 Å². The van der Waals surface area contributed by atoms with Crippen molar-refractivity contribution in [3.63, 3.8) is 0 Å². The molecule has 0 saturated heterocycles. The van der Waals surface area contributed by atoms with E-state index in [-0.39, 0.29) is 6.61 Å². The van der Waals surface area contributed by atoms with Crippen molar-refractivity contribution in [1.82, 2.24) is 0 Å². The molecule has 0 spiro atoms. The average molecular weight is 192 g/mol. The first-order valence-corrected chi connectivity index (χ1v) is 3.02. The van der Waals surface area contributed by atoms with E-state index in [4.69, 9.17) is 12.3 Å². The zero-order chi connectivity index (χ0) is 6.12. The summed E-state index contributed by atoms with van der Waals surface area (Å²) >= 11 is -1.79. The molecular weight excluding hydrogens is 185 g/mol. The summed E-state index contributed by atoms with van der Waals surface area (Å²) in [5.41, 5.74) is 0. The van der Waals surface area contributed by atoms with Crippen LogP contribution >= 0.6 is 0 Å². The first kappa shape index (κ1) is 10.2. The van der Waals surface area contributed by atoms with E-state index in [0.717, 1.165) is 0 Å². The molecule has 7 heavy (non-hydrogen) atoms. The van der Waals surface area contributed by atoms with Crippen molar-refractivity contribution in [2.45, 2.75) is 6.42 Å². The summed E-state index contributed by atoms with van der Waals surface area (Å²) < 4.78 is 16.9. The minimum atomic E-state index is -1.79. The Bertz CT molecular complexity index is 46.1. The predicted octanol–water partition coefficient (Wildman–Crippen LogP) is -0.0372. The molecule has 3 nitrogen and oxygen atoms in total. The number of rotatable bonds is 1. The van der Waals surface area contributed by atoms with Gasteiger partial charge in [0.05, 0.1) is 0 Å². The van der Waals surface area contributed by atoms with Crippen LogP contribution in [0.25, 0.3) is 0 Å². The van der Waals surface area contributed by atoms with Gasteiger partial charge in [0.25, 0.3) is 0 Å². The fraction of sp³-hybridized carbons (Fsp3) is 0.667. The van der Waals surface area contributed by atoms with E-state index in [1.54, 1.807) is 0 Å². The second-order valence-electron chi connectivity index (χ2n) is 0.636. The number of hydrogen-bond acceptors (Lipinski definition) is 3. The molecule has 0 rings (SSSR count). The van der Waals surface area contributed by atoms with Gasteiger partial charge in [0, 0.05) is 6.61 Å². The van der Waals surface area contributed by atoms with Gasteiger partial charge in [-0.05, 0) is 0 Å². The zero-order valence-electron chi connectivity index (χ0n) is 3.74. The molecule has 0 heterocycles. The molecule has 0 aromatic heterocycles. The maximum absolute atomic E-state index is 8.46. The van der Waals surface area contributed by atoms with E-state index in [1.807, 2.05) is 0 Å². The van der Waals surface area contributed by atoms with E-state index in [0.29, 0.717) is 6.42 Å². The molecule has 0 fully saturated rings. The van der Waals surface area contributed by atoms with Gasteiger partial charge in [-0.25, -0.2) is 0 Å². The van der Waals surface area contributed by atoms with Crippen molar-refractivity contribution in [3.05, 3.63) is 6.92 Å². The third-order valence-electron chi connectivity index (χ3n) is 0.158. The van der Waals surface area contributed by atoms with E-state index in [1.165, 1.54) is 0 Å². The zero-order valence-corrected chi connectivity index (χ0v) is 5.48. The van der Waals surface area contributed by atoms with Crippen LogP contribution in [0.2, 0.25) is 0 Å². The molecule has 0 radical (unpaired) electrons. The standard InChI is InChI=1S/C3H7O.2O.Ru/c1-2-3-4;;;/h4H,1-3H2;;;/q-1;;;. The van der Waals surface area contributed by atoms with Gasteiger partial charge >= 0.3 is 24.2 Å². The molecule has 0 aliphatic rings. The van der Waals surface area contributed by atoms with E-state index < -0.39 is 17.0 Å². The van der Waals surface area contributed by atoms with Gasteiger partial charge in [-0.1, -0.05) is 0 Å². The molecule has 0 saturated carbocycles. The summed E-state index contributed by atoms with van der Waals surface area (Å²) in [5.74, 6) is 0. The molecular formula is C3H7O3Ru-. The molecule has 0 unspecified atom stereocenters. The quantitative estimate of drug-likeness (QED) is 0.468. The van der Waals surface area contributed by atoms with Crippen LogP contribution in [0, 0.1) is 6.92 Å². The van der Waals surface area contributed by atoms with Crippen molar-refractivity contribution >= 4 is 0 Å². The molecule has 0 bridgehead atoms. The van der Waals surface area contributed by atoms with Crippen molar-refractivity contribution < 1.29 is 29.3 Å². The summed E-state index contributed by atoms with van der Waals surface area (Å²) in [6.45, 7) is 3.56. The minimum absolute atomic E-state index is 0.208. The van der Waals surface area contributed by atoms with Gasteiger partial charge < -0.3 is 12.0 Å². The van der Waals surface area contributed by atoms with Crippen LogP contribution < -0.4 is 0 Å². The first-order valence-electron chi connectivity index (χ1n) is 1.60. The van der Waals surface area contributed by atoms with Crippen molar-refractivity contribution in [1.29, 1.82) is 0 Å². The second kappa shape index (κ2) is 16.4. The molecule has 0 amide bonds. The van der Waals surface area contributed by atoms with Crippen molar-refractivity contribution in [3.8, 4) is 0 Å². The van der Waals surface area contributed by atoms with Gasteiger partial charge in [-0.2, -0.15) is 6.42 Å². The fourth-order valence-electron chi connectivity index (χ4n) is 0. The Morgan fingerprint density at radius 2 is 1.71 bits per heavy atom. The Labute approximate surface area is 49.9 Å². The number of aliphatic hydroxyl groups is 1. The molecule has 4 heteroatoms. The van der Waals surface area contributed by atoms with Gasteiger partial charge in [0.15, 0.2) is 0 Å². The Morgan fingerprint density at radius 1 is 1.57 bits per heavy atom. The topological polar surface area (TPSA) is 54.4 Å². The van der Waals surface area contributed by atoms with Crippen LogP contribution in [-0.4, -0.2) is 11.7 Å². The Balaban J connectivity index is 0. The Hall–Kier alpha value is 0.183. The SMILES string of the molecule is [CH2-]CCO.[O]=[Ru]=[O]. The van der Waals surface area contributed by atoms with Crippen LogP contribution in [0.4, 0.5) is 0 Å². The summed E-state index contributed by atoms with van der Waals surface area (Å²) in [4.78, 5) is 0. The van der Waals surface area contributed by atoms with Gasteiger partial charge in [0.2, 0.25) is 0 Å². The fourth-order valence-corrected chi connectivity index (χ4v) is 0. The van der Waals surface area contributed by atoms with Crippen LogP contribution in [-0.2, 0) is 24.2 Å². The monoisotopic (exact) mass is 193 g/mol. The van der Waals surface area contributed by atoms with Gasteiger partial charge in [-0.15, -0.1) is 0 Å². The van der Waals surface area contributed by atoms with Gasteiger partial charge in [0.1, 0.15) is 0 Å². The normalized spacial score (nSPS) is 6.57. The van der Waals surface area contributed by atoms with Gasteiger partial charge in [-0.3, -0.25) is 0 Å². The molecule has 0 aromatic rings. The molecule has 0 aromatic carbocycles. The third-order valence-corrected chi connectivity index (χ3v) is 0.158. The van der Waals surface area contributed by atoms with Crippen molar-refractivity contribution in [2.24, 2.45) is 0 Å². The average Bonchev–Trinajstić information content (AvgIpc) is 1.69.